The summed E-state index contributed by atoms with van der Waals surface area (Å²) in [5, 5.41) is 5.19. The van der Waals surface area contributed by atoms with Crippen molar-refractivity contribution in [3.8, 4) is 22.8 Å². The van der Waals surface area contributed by atoms with E-state index in [9.17, 15) is 4.79 Å². The second kappa shape index (κ2) is 7.67. The molecule has 1 aromatic heterocycles. The lowest BCUT2D eigenvalue weighted by Crippen LogP contribution is -2.20. The van der Waals surface area contributed by atoms with E-state index in [4.69, 9.17) is 15.2 Å². The number of nitrogens with zero attached hydrogens (tertiary/aromatic N) is 1. The van der Waals surface area contributed by atoms with E-state index in [-0.39, 0.29) is 12.5 Å². The number of thiazole rings is 1. The molecule has 128 valence electrons. The number of hydrogen-bond donors (Lipinski definition) is 2. The molecule has 7 heteroatoms. The Bertz CT molecular complexity index is 862. The number of aromatic nitrogens is 1. The van der Waals surface area contributed by atoms with E-state index in [0.29, 0.717) is 22.3 Å². The number of benzene rings is 2. The number of para-hydroxylation sites is 2. The molecule has 0 saturated carbocycles. The molecule has 3 aromatic rings. The summed E-state index contributed by atoms with van der Waals surface area (Å²) in [5.41, 5.74) is 8.01. The van der Waals surface area contributed by atoms with Crippen LogP contribution >= 0.6 is 11.3 Å². The van der Waals surface area contributed by atoms with Crippen molar-refractivity contribution in [2.75, 3.05) is 24.8 Å². The van der Waals surface area contributed by atoms with Crippen molar-refractivity contribution in [2.45, 2.75) is 0 Å². The van der Waals surface area contributed by atoms with Crippen LogP contribution in [0.1, 0.15) is 0 Å². The van der Waals surface area contributed by atoms with Gasteiger partial charge in [0.25, 0.3) is 5.91 Å². The normalized spacial score (nSPS) is 10.3. The van der Waals surface area contributed by atoms with Gasteiger partial charge in [-0.15, -0.1) is 11.3 Å². The summed E-state index contributed by atoms with van der Waals surface area (Å²) in [4.78, 5) is 16.3. The van der Waals surface area contributed by atoms with Gasteiger partial charge in [-0.05, 0) is 36.4 Å². The van der Waals surface area contributed by atoms with Crippen LogP contribution in [0.5, 0.6) is 11.5 Å². The van der Waals surface area contributed by atoms with Crippen molar-refractivity contribution >= 4 is 28.1 Å². The Balaban J connectivity index is 1.57. The van der Waals surface area contributed by atoms with Crippen molar-refractivity contribution in [1.82, 2.24) is 4.98 Å². The fourth-order valence-electron chi connectivity index (χ4n) is 2.23. The number of amides is 1. The van der Waals surface area contributed by atoms with E-state index in [1.807, 2.05) is 29.6 Å². The van der Waals surface area contributed by atoms with E-state index in [1.165, 1.54) is 11.3 Å². The number of methoxy groups -OCH3 is 1. The molecule has 0 aliphatic carbocycles. The summed E-state index contributed by atoms with van der Waals surface area (Å²) in [5.74, 6) is 0.936. The number of nitrogens with one attached hydrogen (secondary N) is 1. The Morgan fingerprint density at radius 3 is 2.64 bits per heavy atom. The number of ether oxygens (including phenoxy) is 2. The van der Waals surface area contributed by atoms with Gasteiger partial charge in [0.05, 0.1) is 18.5 Å². The summed E-state index contributed by atoms with van der Waals surface area (Å²) in [6.07, 6.45) is 0. The van der Waals surface area contributed by atoms with E-state index >= 15 is 0 Å². The van der Waals surface area contributed by atoms with Crippen LogP contribution in [0.4, 0.5) is 10.8 Å². The van der Waals surface area contributed by atoms with Crippen LogP contribution in [0.25, 0.3) is 11.3 Å². The van der Waals surface area contributed by atoms with Gasteiger partial charge in [0.15, 0.2) is 11.7 Å². The van der Waals surface area contributed by atoms with Crippen molar-refractivity contribution in [3.63, 3.8) is 0 Å². The maximum Gasteiger partial charge on any atom is 0.262 e. The lowest BCUT2D eigenvalue weighted by molar-refractivity contribution is -0.118. The van der Waals surface area contributed by atoms with Crippen LogP contribution in [0.3, 0.4) is 0 Å². The maximum atomic E-state index is 12.0. The third kappa shape index (κ3) is 4.27. The predicted molar refractivity (Wildman–Crippen MR) is 99.1 cm³/mol. The van der Waals surface area contributed by atoms with Crippen LogP contribution in [0.2, 0.25) is 0 Å². The standard InChI is InChI=1S/C18H17N3O3S/c1-23-16-5-3-2-4-14(16)20-17(22)10-24-13-8-6-12(7-9-13)15-11-25-18(19)21-15/h2-9,11H,10H2,1H3,(H2,19,21)(H,20,22). The monoisotopic (exact) mass is 355 g/mol. The highest BCUT2D eigenvalue weighted by molar-refractivity contribution is 7.13. The number of hydrogen-bond acceptors (Lipinski definition) is 6. The minimum atomic E-state index is -0.263. The Labute approximate surface area is 149 Å². The molecule has 0 bridgehead atoms. The lowest BCUT2D eigenvalue weighted by Gasteiger charge is -2.10. The molecule has 0 spiro atoms. The minimum absolute atomic E-state index is 0.0962. The topological polar surface area (TPSA) is 86.5 Å². The van der Waals surface area contributed by atoms with Gasteiger partial charge in [-0.25, -0.2) is 4.98 Å². The fourth-order valence-corrected chi connectivity index (χ4v) is 2.80. The van der Waals surface area contributed by atoms with E-state index < -0.39 is 0 Å². The molecular formula is C18H17N3O3S. The first-order valence-corrected chi connectivity index (χ1v) is 8.41. The summed E-state index contributed by atoms with van der Waals surface area (Å²) in [7, 11) is 1.55. The number of nitrogen functional groups attached to an aromatic ring is 1. The average molecular weight is 355 g/mol. The zero-order chi connectivity index (χ0) is 17.6. The molecule has 6 nitrogen and oxygen atoms in total. The molecule has 0 unspecified atom stereocenters. The number of rotatable bonds is 6. The molecule has 3 rings (SSSR count). The quantitative estimate of drug-likeness (QED) is 0.707. The first-order chi connectivity index (χ1) is 12.2. The molecule has 0 aliphatic heterocycles. The molecule has 25 heavy (non-hydrogen) atoms. The van der Waals surface area contributed by atoms with E-state index in [2.05, 4.69) is 10.3 Å². The summed E-state index contributed by atoms with van der Waals surface area (Å²) in [6.45, 7) is -0.0962. The molecular weight excluding hydrogens is 338 g/mol. The third-order valence-electron chi connectivity index (χ3n) is 3.42. The highest BCUT2D eigenvalue weighted by Gasteiger charge is 2.08. The Morgan fingerprint density at radius 1 is 1.20 bits per heavy atom. The number of carbonyl (C=O) groups excluding carboxylic acids is 1. The smallest absolute Gasteiger partial charge is 0.262 e. The van der Waals surface area contributed by atoms with Crippen molar-refractivity contribution in [3.05, 3.63) is 53.9 Å². The molecule has 2 aromatic carbocycles. The second-order valence-corrected chi connectivity index (χ2v) is 6.02. The predicted octanol–water partition coefficient (Wildman–Crippen LogP) is 3.42. The van der Waals surface area contributed by atoms with Crippen LogP contribution in [-0.4, -0.2) is 24.6 Å². The summed E-state index contributed by atoms with van der Waals surface area (Å²) < 4.78 is 10.7. The van der Waals surface area contributed by atoms with Gasteiger partial charge in [-0.3, -0.25) is 4.79 Å². The third-order valence-corrected chi connectivity index (χ3v) is 4.10. The zero-order valence-corrected chi connectivity index (χ0v) is 14.4. The van der Waals surface area contributed by atoms with Crippen molar-refractivity contribution in [1.29, 1.82) is 0 Å². The summed E-state index contributed by atoms with van der Waals surface area (Å²) in [6, 6.07) is 14.5. The SMILES string of the molecule is COc1ccccc1NC(=O)COc1ccc(-c2csc(N)n2)cc1. The molecule has 1 amide bonds. The Kier molecular flexibility index (Phi) is 5.15. The minimum Gasteiger partial charge on any atom is -0.495 e. The Morgan fingerprint density at radius 2 is 1.96 bits per heavy atom. The molecule has 0 aliphatic rings. The van der Waals surface area contributed by atoms with Gasteiger partial charge in [0.2, 0.25) is 0 Å². The molecule has 0 fully saturated rings. The van der Waals surface area contributed by atoms with Gasteiger partial charge in [0.1, 0.15) is 11.5 Å². The molecule has 3 N–H and O–H groups in total. The first kappa shape index (κ1) is 16.8. The molecule has 0 saturated heterocycles. The molecule has 0 radical (unpaired) electrons. The van der Waals surface area contributed by atoms with Crippen LogP contribution in [0.15, 0.2) is 53.9 Å². The Hall–Kier alpha value is -3.06. The van der Waals surface area contributed by atoms with Crippen LogP contribution in [0, 0.1) is 0 Å². The average Bonchev–Trinajstić information content (AvgIpc) is 3.07. The molecule has 0 atom stereocenters. The largest absolute Gasteiger partial charge is 0.495 e. The van der Waals surface area contributed by atoms with Crippen LogP contribution in [-0.2, 0) is 4.79 Å². The van der Waals surface area contributed by atoms with Gasteiger partial charge >= 0.3 is 0 Å². The maximum absolute atomic E-state index is 12.0. The number of anilines is 2. The molecule has 1 heterocycles. The summed E-state index contributed by atoms with van der Waals surface area (Å²) >= 11 is 1.39. The van der Waals surface area contributed by atoms with E-state index in [0.717, 1.165) is 11.3 Å². The second-order valence-electron chi connectivity index (χ2n) is 5.13. The van der Waals surface area contributed by atoms with Gasteiger partial charge in [-0.1, -0.05) is 12.1 Å². The zero-order valence-electron chi connectivity index (χ0n) is 13.6. The van der Waals surface area contributed by atoms with Crippen molar-refractivity contribution in [2.24, 2.45) is 0 Å². The van der Waals surface area contributed by atoms with Gasteiger partial charge in [-0.2, -0.15) is 0 Å². The number of carbonyl (C=O) groups is 1. The van der Waals surface area contributed by atoms with Gasteiger partial charge < -0.3 is 20.5 Å². The van der Waals surface area contributed by atoms with Crippen LogP contribution < -0.4 is 20.5 Å². The number of nitrogens with two attached hydrogens (primary N) is 1. The first-order valence-electron chi connectivity index (χ1n) is 7.53. The lowest BCUT2D eigenvalue weighted by atomic mass is 10.2. The van der Waals surface area contributed by atoms with Gasteiger partial charge in [0, 0.05) is 10.9 Å². The van der Waals surface area contributed by atoms with Crippen molar-refractivity contribution < 1.29 is 14.3 Å². The highest BCUT2D eigenvalue weighted by Crippen LogP contribution is 2.25. The fraction of sp³-hybridized carbons (Fsp3) is 0.111. The van der Waals surface area contributed by atoms with E-state index in [1.54, 1.807) is 31.4 Å². The highest BCUT2D eigenvalue weighted by atomic mass is 32.1.